The molecule has 3 saturated heterocycles. The highest BCUT2D eigenvalue weighted by molar-refractivity contribution is 5.90. The monoisotopic (exact) mass is 258 g/mol. The third kappa shape index (κ3) is 1.98. The van der Waals surface area contributed by atoms with Crippen molar-refractivity contribution in [3.63, 3.8) is 0 Å². The van der Waals surface area contributed by atoms with Gasteiger partial charge < -0.3 is 23.7 Å². The molecule has 0 aromatic heterocycles. The van der Waals surface area contributed by atoms with E-state index in [4.69, 9.17) is 23.7 Å². The molecule has 3 aliphatic heterocycles. The molecule has 4 atom stereocenters. The average Bonchev–Trinajstić information content (AvgIpc) is 2.81. The molecule has 0 aromatic carbocycles. The topological polar surface area (TPSA) is 63.2 Å². The van der Waals surface area contributed by atoms with E-state index in [2.05, 4.69) is 0 Å². The van der Waals surface area contributed by atoms with E-state index in [1.54, 1.807) is 13.8 Å². The van der Waals surface area contributed by atoms with Crippen molar-refractivity contribution in [3.8, 4) is 0 Å². The lowest BCUT2D eigenvalue weighted by Gasteiger charge is -2.23. The van der Waals surface area contributed by atoms with Crippen molar-refractivity contribution in [3.05, 3.63) is 0 Å². The Morgan fingerprint density at radius 1 is 1.00 bits per heavy atom. The lowest BCUT2D eigenvalue weighted by Crippen LogP contribution is -2.39. The molecule has 3 fully saturated rings. The van der Waals surface area contributed by atoms with E-state index >= 15 is 0 Å². The smallest absolute Gasteiger partial charge is 0.198 e. The highest BCUT2D eigenvalue weighted by Gasteiger charge is 2.57. The van der Waals surface area contributed by atoms with Gasteiger partial charge in [-0.1, -0.05) is 0 Å². The minimum atomic E-state index is -0.776. The van der Waals surface area contributed by atoms with E-state index in [0.717, 1.165) is 0 Å². The first kappa shape index (κ1) is 12.5. The zero-order valence-corrected chi connectivity index (χ0v) is 11.0. The van der Waals surface area contributed by atoms with Gasteiger partial charge in [0, 0.05) is 0 Å². The molecule has 6 nitrogen and oxygen atoms in total. The van der Waals surface area contributed by atoms with Crippen molar-refractivity contribution in [2.45, 2.75) is 63.9 Å². The largest absolute Gasteiger partial charge is 0.348 e. The molecule has 18 heavy (non-hydrogen) atoms. The standard InChI is InChI=1S/C12H18O6/c1-11(2)14-5-6(16-11)8-7(13)9-10(15-8)18-12(3,4)17-9/h6,8-10H,5H2,1-4H3/t6-,8-,9+,10+/m0/s1. The summed E-state index contributed by atoms with van der Waals surface area (Å²) < 4.78 is 27.7. The van der Waals surface area contributed by atoms with Gasteiger partial charge in [-0.3, -0.25) is 4.79 Å². The maximum atomic E-state index is 12.2. The molecule has 0 radical (unpaired) electrons. The fraction of sp³-hybridized carbons (Fsp3) is 0.917. The molecule has 0 amide bonds. The molecule has 3 rings (SSSR count). The summed E-state index contributed by atoms with van der Waals surface area (Å²) in [7, 11) is 0. The highest BCUT2D eigenvalue weighted by atomic mass is 16.8. The number of hydrogen-bond donors (Lipinski definition) is 0. The zero-order valence-electron chi connectivity index (χ0n) is 11.0. The second-order valence-corrected chi connectivity index (χ2v) is 5.75. The van der Waals surface area contributed by atoms with Crippen molar-refractivity contribution in [2.75, 3.05) is 6.61 Å². The van der Waals surface area contributed by atoms with Crippen LogP contribution >= 0.6 is 0 Å². The summed E-state index contributed by atoms with van der Waals surface area (Å²) in [5.41, 5.74) is 0. The molecule has 0 unspecified atom stereocenters. The summed E-state index contributed by atoms with van der Waals surface area (Å²) in [5.74, 6) is -1.58. The number of ketones is 1. The summed E-state index contributed by atoms with van der Waals surface area (Å²) in [5, 5.41) is 0. The minimum absolute atomic E-state index is 0.128. The van der Waals surface area contributed by atoms with Crippen molar-refractivity contribution >= 4 is 5.78 Å². The van der Waals surface area contributed by atoms with Gasteiger partial charge in [0.2, 0.25) is 0 Å². The van der Waals surface area contributed by atoms with Crippen LogP contribution in [0.3, 0.4) is 0 Å². The van der Waals surface area contributed by atoms with E-state index in [1.165, 1.54) is 0 Å². The average molecular weight is 258 g/mol. The van der Waals surface area contributed by atoms with E-state index < -0.39 is 36.2 Å². The first-order chi connectivity index (χ1) is 8.27. The molecular weight excluding hydrogens is 240 g/mol. The number of carbonyl (C=O) groups is 1. The first-order valence-electron chi connectivity index (χ1n) is 6.14. The highest BCUT2D eigenvalue weighted by Crippen LogP contribution is 2.38. The SMILES string of the molecule is CC1(C)OC[C@@H]([C@@H]2O[C@@H]3OC(C)(C)O[C@@H]3C2=O)O1. The van der Waals surface area contributed by atoms with Gasteiger partial charge in [-0.25, -0.2) is 0 Å². The van der Waals surface area contributed by atoms with Gasteiger partial charge in [-0.05, 0) is 27.7 Å². The zero-order chi connectivity index (χ0) is 13.1. The Bertz CT molecular complexity index is 377. The Morgan fingerprint density at radius 3 is 2.28 bits per heavy atom. The molecular formula is C12H18O6. The summed E-state index contributed by atoms with van der Waals surface area (Å²) >= 11 is 0. The van der Waals surface area contributed by atoms with Crippen molar-refractivity contribution < 1.29 is 28.5 Å². The number of Topliss-reactive ketones (excluding diaryl/α,β-unsaturated/α-hetero) is 1. The molecule has 0 bridgehead atoms. The third-order valence-electron chi connectivity index (χ3n) is 3.27. The normalized spacial score (nSPS) is 45.4. The second-order valence-electron chi connectivity index (χ2n) is 5.75. The van der Waals surface area contributed by atoms with Gasteiger partial charge >= 0.3 is 0 Å². The predicted molar refractivity (Wildman–Crippen MR) is 58.6 cm³/mol. The van der Waals surface area contributed by atoms with Gasteiger partial charge in [0.25, 0.3) is 0 Å². The molecule has 0 saturated carbocycles. The number of hydrogen-bond acceptors (Lipinski definition) is 6. The maximum absolute atomic E-state index is 12.2. The quantitative estimate of drug-likeness (QED) is 0.685. The van der Waals surface area contributed by atoms with Crippen LogP contribution in [0.1, 0.15) is 27.7 Å². The fourth-order valence-electron chi connectivity index (χ4n) is 2.53. The van der Waals surface area contributed by atoms with Gasteiger partial charge in [-0.2, -0.15) is 0 Å². The van der Waals surface area contributed by atoms with Gasteiger partial charge in [0.05, 0.1) is 6.61 Å². The molecule has 0 spiro atoms. The van der Waals surface area contributed by atoms with Gasteiger partial charge in [-0.15, -0.1) is 0 Å². The molecule has 6 heteroatoms. The van der Waals surface area contributed by atoms with Crippen molar-refractivity contribution in [2.24, 2.45) is 0 Å². The Labute approximate surface area is 105 Å². The fourth-order valence-corrected chi connectivity index (χ4v) is 2.53. The Balaban J connectivity index is 1.70. The van der Waals surface area contributed by atoms with Crippen LogP contribution in [-0.2, 0) is 28.5 Å². The predicted octanol–water partition coefficient (Wildman–Crippen LogP) is 0.583. The van der Waals surface area contributed by atoms with E-state index in [9.17, 15) is 4.79 Å². The number of rotatable bonds is 1. The van der Waals surface area contributed by atoms with Crippen molar-refractivity contribution in [1.82, 2.24) is 0 Å². The van der Waals surface area contributed by atoms with Crippen LogP contribution in [0.5, 0.6) is 0 Å². The van der Waals surface area contributed by atoms with Crippen LogP contribution in [0, 0.1) is 0 Å². The summed E-state index contributed by atoms with van der Waals surface area (Å²) in [6, 6.07) is 0. The molecule has 0 aliphatic carbocycles. The van der Waals surface area contributed by atoms with Crippen LogP contribution in [0.15, 0.2) is 0 Å². The maximum Gasteiger partial charge on any atom is 0.198 e. The number of carbonyl (C=O) groups excluding carboxylic acids is 1. The second kappa shape index (κ2) is 3.74. The molecule has 3 aliphatic rings. The molecule has 3 heterocycles. The summed E-state index contributed by atoms with van der Waals surface area (Å²) in [6.07, 6.45) is -2.35. The Hall–Kier alpha value is -0.530. The van der Waals surface area contributed by atoms with Crippen LogP contribution in [0.25, 0.3) is 0 Å². The van der Waals surface area contributed by atoms with Gasteiger partial charge in [0.1, 0.15) is 6.10 Å². The van der Waals surface area contributed by atoms with Crippen LogP contribution in [0.4, 0.5) is 0 Å². The Kier molecular flexibility index (Phi) is 2.60. The van der Waals surface area contributed by atoms with Crippen molar-refractivity contribution in [1.29, 1.82) is 0 Å². The third-order valence-corrected chi connectivity index (χ3v) is 3.27. The number of fused-ring (bicyclic) bond motifs is 1. The lowest BCUT2D eigenvalue weighted by atomic mass is 10.1. The Morgan fingerprint density at radius 2 is 1.72 bits per heavy atom. The van der Waals surface area contributed by atoms with Crippen LogP contribution < -0.4 is 0 Å². The summed E-state index contributed by atoms with van der Waals surface area (Å²) in [4.78, 5) is 12.2. The van der Waals surface area contributed by atoms with E-state index in [-0.39, 0.29) is 5.78 Å². The first-order valence-corrected chi connectivity index (χ1v) is 6.14. The molecule has 0 N–H and O–H groups in total. The molecule has 102 valence electrons. The molecule has 0 aromatic rings. The number of ether oxygens (including phenoxy) is 5. The lowest BCUT2D eigenvalue weighted by molar-refractivity contribution is -0.219. The van der Waals surface area contributed by atoms with E-state index in [0.29, 0.717) is 6.61 Å². The summed E-state index contributed by atoms with van der Waals surface area (Å²) in [6.45, 7) is 7.48. The van der Waals surface area contributed by atoms with Crippen LogP contribution in [-0.4, -0.2) is 48.6 Å². The minimum Gasteiger partial charge on any atom is -0.348 e. The van der Waals surface area contributed by atoms with E-state index in [1.807, 2.05) is 13.8 Å². The van der Waals surface area contributed by atoms with Crippen LogP contribution in [0.2, 0.25) is 0 Å². The van der Waals surface area contributed by atoms with Gasteiger partial charge in [0.15, 0.2) is 35.9 Å².